The van der Waals surface area contributed by atoms with Crippen LogP contribution in [0.3, 0.4) is 0 Å². The van der Waals surface area contributed by atoms with E-state index < -0.39 is 0 Å². The summed E-state index contributed by atoms with van der Waals surface area (Å²) in [6, 6.07) is 8.00. The lowest BCUT2D eigenvalue weighted by molar-refractivity contribution is -0.139. The molecule has 1 aromatic rings. The molecule has 0 aliphatic carbocycles. The maximum Gasteiger partial charge on any atom is 0.330 e. The number of hydrogen-bond acceptors (Lipinski definition) is 3. The molecule has 0 heterocycles. The monoisotopic (exact) mass is 318 g/mol. The van der Waals surface area contributed by atoms with Gasteiger partial charge in [0.15, 0.2) is 0 Å². The van der Waals surface area contributed by atoms with Gasteiger partial charge in [-0.25, -0.2) is 4.79 Å². The van der Waals surface area contributed by atoms with E-state index in [2.05, 4.69) is 13.8 Å². The van der Waals surface area contributed by atoms with Crippen LogP contribution in [0.2, 0.25) is 0 Å². The molecule has 0 aromatic heterocycles. The number of ether oxygens (including phenoxy) is 2. The molecule has 0 aliphatic rings. The highest BCUT2D eigenvalue weighted by molar-refractivity contribution is 5.81. The number of allylic oxidation sites excluding steroid dienone is 1. The highest BCUT2D eigenvalue weighted by atomic mass is 16.5. The van der Waals surface area contributed by atoms with Crippen molar-refractivity contribution in [2.45, 2.75) is 52.4 Å². The average molecular weight is 318 g/mol. The van der Waals surface area contributed by atoms with E-state index in [0.29, 0.717) is 12.5 Å². The van der Waals surface area contributed by atoms with Crippen LogP contribution in [-0.2, 0) is 16.0 Å². The van der Waals surface area contributed by atoms with Gasteiger partial charge in [-0.1, -0.05) is 51.3 Å². The van der Waals surface area contributed by atoms with Crippen molar-refractivity contribution in [3.8, 4) is 5.75 Å². The Morgan fingerprint density at radius 3 is 2.57 bits per heavy atom. The molecule has 0 radical (unpaired) electrons. The van der Waals surface area contributed by atoms with E-state index in [0.717, 1.165) is 31.4 Å². The van der Waals surface area contributed by atoms with Gasteiger partial charge in [-0.05, 0) is 42.9 Å². The topological polar surface area (TPSA) is 35.5 Å². The second-order valence-corrected chi connectivity index (χ2v) is 5.84. The second-order valence-electron chi connectivity index (χ2n) is 5.84. The number of hydrogen-bond donors (Lipinski definition) is 0. The van der Waals surface area contributed by atoms with Crippen LogP contribution in [0.4, 0.5) is 0 Å². The summed E-state index contributed by atoms with van der Waals surface area (Å²) >= 11 is 0. The predicted molar refractivity (Wildman–Crippen MR) is 94.7 cm³/mol. The van der Waals surface area contributed by atoms with E-state index in [-0.39, 0.29) is 5.97 Å². The van der Waals surface area contributed by atoms with Crippen LogP contribution >= 0.6 is 0 Å². The largest absolute Gasteiger partial charge is 0.497 e. The van der Waals surface area contributed by atoms with E-state index in [1.54, 1.807) is 13.2 Å². The summed E-state index contributed by atoms with van der Waals surface area (Å²) in [5.41, 5.74) is 1.23. The smallest absolute Gasteiger partial charge is 0.330 e. The molecule has 128 valence electrons. The molecule has 0 fully saturated rings. The number of aryl methyl sites for hydroxylation is 1. The quantitative estimate of drug-likeness (QED) is 0.428. The van der Waals surface area contributed by atoms with E-state index >= 15 is 0 Å². The summed E-state index contributed by atoms with van der Waals surface area (Å²) in [5, 5.41) is 0. The van der Waals surface area contributed by atoms with E-state index in [4.69, 9.17) is 9.47 Å². The molecule has 3 nitrogen and oxygen atoms in total. The Hall–Kier alpha value is -1.77. The van der Waals surface area contributed by atoms with Crippen LogP contribution in [0.15, 0.2) is 36.4 Å². The molecule has 0 amide bonds. The van der Waals surface area contributed by atoms with Crippen molar-refractivity contribution in [1.29, 1.82) is 0 Å². The SMILES string of the molecule is CCCCC(CC)COC(=O)/C=C/CCc1ccc(OC)cc1. The first-order chi connectivity index (χ1) is 11.2. The third-order valence-corrected chi connectivity index (χ3v) is 4.02. The zero-order valence-electron chi connectivity index (χ0n) is 14.7. The first-order valence-corrected chi connectivity index (χ1v) is 8.65. The van der Waals surface area contributed by atoms with Crippen LogP contribution in [0.25, 0.3) is 0 Å². The Bertz CT molecular complexity index is 462. The fraction of sp³-hybridized carbons (Fsp3) is 0.550. The average Bonchev–Trinajstić information content (AvgIpc) is 2.59. The Morgan fingerprint density at radius 1 is 1.22 bits per heavy atom. The number of rotatable bonds is 11. The summed E-state index contributed by atoms with van der Waals surface area (Å²) in [6.07, 6.45) is 9.77. The van der Waals surface area contributed by atoms with Gasteiger partial charge in [0.05, 0.1) is 13.7 Å². The summed E-state index contributed by atoms with van der Waals surface area (Å²) in [6.45, 7) is 4.88. The van der Waals surface area contributed by atoms with E-state index in [1.165, 1.54) is 18.4 Å². The van der Waals surface area contributed by atoms with Crippen molar-refractivity contribution in [1.82, 2.24) is 0 Å². The van der Waals surface area contributed by atoms with Gasteiger partial charge >= 0.3 is 5.97 Å². The van der Waals surface area contributed by atoms with Crippen LogP contribution < -0.4 is 4.74 Å². The van der Waals surface area contributed by atoms with Crippen molar-refractivity contribution in [3.05, 3.63) is 42.0 Å². The minimum atomic E-state index is -0.227. The van der Waals surface area contributed by atoms with Gasteiger partial charge in [0.1, 0.15) is 5.75 Å². The lowest BCUT2D eigenvalue weighted by Gasteiger charge is -2.13. The number of benzene rings is 1. The summed E-state index contributed by atoms with van der Waals surface area (Å²) < 4.78 is 10.5. The zero-order valence-corrected chi connectivity index (χ0v) is 14.7. The van der Waals surface area contributed by atoms with Crippen molar-refractivity contribution in [3.63, 3.8) is 0 Å². The first-order valence-electron chi connectivity index (χ1n) is 8.65. The molecule has 0 bridgehead atoms. The van der Waals surface area contributed by atoms with E-state index in [9.17, 15) is 4.79 Å². The standard InChI is InChI=1S/C20H30O3/c1-4-6-9-17(5-2)16-23-20(21)11-8-7-10-18-12-14-19(22-3)15-13-18/h8,11-15,17H,4-7,9-10,16H2,1-3H3/b11-8+. The summed E-state index contributed by atoms with van der Waals surface area (Å²) in [4.78, 5) is 11.7. The van der Waals surface area contributed by atoms with Gasteiger partial charge in [-0.2, -0.15) is 0 Å². The molecule has 1 unspecified atom stereocenters. The van der Waals surface area contributed by atoms with Gasteiger partial charge < -0.3 is 9.47 Å². The van der Waals surface area contributed by atoms with Crippen molar-refractivity contribution < 1.29 is 14.3 Å². The fourth-order valence-corrected chi connectivity index (χ4v) is 2.37. The normalized spacial score (nSPS) is 12.3. The number of carbonyl (C=O) groups is 1. The molecule has 0 aliphatic heterocycles. The highest BCUT2D eigenvalue weighted by Gasteiger charge is 2.08. The maximum atomic E-state index is 11.7. The third kappa shape index (κ3) is 8.44. The molecule has 0 spiro atoms. The van der Waals surface area contributed by atoms with Crippen molar-refractivity contribution >= 4 is 5.97 Å². The van der Waals surface area contributed by atoms with E-state index in [1.807, 2.05) is 30.3 Å². The molecule has 1 aromatic carbocycles. The van der Waals surface area contributed by atoms with Crippen LogP contribution in [0.5, 0.6) is 5.75 Å². The number of methoxy groups -OCH3 is 1. The first kappa shape index (κ1) is 19.3. The zero-order chi connectivity index (χ0) is 16.9. The van der Waals surface area contributed by atoms with Crippen LogP contribution in [0, 0.1) is 5.92 Å². The molecule has 0 N–H and O–H groups in total. The molecule has 23 heavy (non-hydrogen) atoms. The Labute approximate surface area is 140 Å². The molecule has 3 heteroatoms. The second kappa shape index (κ2) is 11.8. The molecular weight excluding hydrogens is 288 g/mol. The summed E-state index contributed by atoms with van der Waals surface area (Å²) in [7, 11) is 1.66. The predicted octanol–water partition coefficient (Wildman–Crippen LogP) is 4.94. The Kier molecular flexibility index (Phi) is 9.85. The molecule has 0 saturated carbocycles. The lowest BCUT2D eigenvalue weighted by atomic mass is 10.0. The van der Waals surface area contributed by atoms with Crippen LogP contribution in [0.1, 0.15) is 51.5 Å². The third-order valence-electron chi connectivity index (χ3n) is 4.02. The van der Waals surface area contributed by atoms with Crippen molar-refractivity contribution in [2.24, 2.45) is 5.92 Å². The lowest BCUT2D eigenvalue weighted by Crippen LogP contribution is -2.12. The summed E-state index contributed by atoms with van der Waals surface area (Å²) in [5.74, 6) is 1.13. The number of carbonyl (C=O) groups excluding carboxylic acids is 1. The highest BCUT2D eigenvalue weighted by Crippen LogP contribution is 2.14. The molecule has 1 atom stereocenters. The minimum absolute atomic E-state index is 0.227. The van der Waals surface area contributed by atoms with Gasteiger partial charge in [-0.15, -0.1) is 0 Å². The minimum Gasteiger partial charge on any atom is -0.497 e. The molecule has 0 saturated heterocycles. The maximum absolute atomic E-state index is 11.7. The number of unbranched alkanes of at least 4 members (excludes halogenated alkanes) is 1. The fourth-order valence-electron chi connectivity index (χ4n) is 2.37. The Morgan fingerprint density at radius 2 is 1.96 bits per heavy atom. The van der Waals surface area contributed by atoms with Gasteiger partial charge in [0.2, 0.25) is 0 Å². The molecular formula is C20H30O3. The Balaban J connectivity index is 2.23. The van der Waals surface area contributed by atoms with Gasteiger partial charge in [-0.3, -0.25) is 0 Å². The molecule has 1 rings (SSSR count). The van der Waals surface area contributed by atoms with Gasteiger partial charge in [0, 0.05) is 6.08 Å². The number of esters is 1. The van der Waals surface area contributed by atoms with Gasteiger partial charge in [0.25, 0.3) is 0 Å². The van der Waals surface area contributed by atoms with Crippen LogP contribution in [-0.4, -0.2) is 19.7 Å². The van der Waals surface area contributed by atoms with Crippen molar-refractivity contribution in [2.75, 3.05) is 13.7 Å².